The van der Waals surface area contributed by atoms with E-state index in [0.717, 1.165) is 0 Å². The van der Waals surface area contributed by atoms with Gasteiger partial charge in [0, 0.05) is 10.9 Å². The summed E-state index contributed by atoms with van der Waals surface area (Å²) in [5, 5.41) is 0.262. The van der Waals surface area contributed by atoms with Crippen LogP contribution in [0.25, 0.3) is 22.3 Å². The summed E-state index contributed by atoms with van der Waals surface area (Å²) in [6.07, 6.45) is 0. The minimum atomic E-state index is -0.693. The lowest BCUT2D eigenvalue weighted by Crippen LogP contribution is -2.08. The number of aromatic nitrogens is 2. The van der Waals surface area contributed by atoms with Gasteiger partial charge in [0.2, 0.25) is 5.75 Å². The number of nitrogens with zero attached hydrogens (tertiary/aromatic N) is 2. The van der Waals surface area contributed by atoms with E-state index in [0.29, 0.717) is 28.3 Å². The number of rotatable bonds is 5. The Morgan fingerprint density at radius 3 is 2.15 bits per heavy atom. The van der Waals surface area contributed by atoms with Crippen molar-refractivity contribution in [3.05, 3.63) is 41.8 Å². The molecule has 0 radical (unpaired) electrons. The summed E-state index contributed by atoms with van der Waals surface area (Å²) in [6, 6.07) is 7.25. The van der Waals surface area contributed by atoms with Gasteiger partial charge in [-0.3, -0.25) is 0 Å². The largest absolute Gasteiger partial charge is 0.493 e. The zero-order valence-corrected chi connectivity index (χ0v) is 15.2. The van der Waals surface area contributed by atoms with E-state index < -0.39 is 11.8 Å². The van der Waals surface area contributed by atoms with E-state index in [2.05, 4.69) is 9.97 Å². The molecule has 0 aliphatic carbocycles. The first kappa shape index (κ1) is 18.4. The van der Waals surface area contributed by atoms with Crippen LogP contribution in [0.15, 0.2) is 30.3 Å². The molecule has 2 aromatic carbocycles. The molecule has 7 nitrogen and oxygen atoms in total. The smallest absolute Gasteiger partial charge is 0.357 e. The number of carbonyl (C=O) groups is 1. The summed E-state index contributed by atoms with van der Waals surface area (Å²) in [5.74, 6) is 0.274. The third-order valence-corrected chi connectivity index (χ3v) is 3.96. The van der Waals surface area contributed by atoms with E-state index in [-0.39, 0.29) is 16.9 Å². The van der Waals surface area contributed by atoms with E-state index in [1.807, 2.05) is 0 Å². The standard InChI is InChI=1S/C19H17FN2O5/c1-24-14-7-10(8-15(25-2)17(14)26-3)18-21-13-6-5-11(20)9-12(13)16(22-18)19(23)27-4/h5-9H,1-4H3. The lowest BCUT2D eigenvalue weighted by molar-refractivity contribution is 0.0596. The molecule has 0 aliphatic rings. The molecule has 27 heavy (non-hydrogen) atoms. The zero-order valence-electron chi connectivity index (χ0n) is 15.2. The van der Waals surface area contributed by atoms with Gasteiger partial charge in [-0.1, -0.05) is 0 Å². The number of hydrogen-bond acceptors (Lipinski definition) is 7. The molecule has 1 aromatic heterocycles. The van der Waals surface area contributed by atoms with Gasteiger partial charge in [0.25, 0.3) is 0 Å². The van der Waals surface area contributed by atoms with E-state index in [4.69, 9.17) is 18.9 Å². The number of methoxy groups -OCH3 is 4. The molecule has 1 heterocycles. The summed E-state index contributed by atoms with van der Waals surface area (Å²) >= 11 is 0. The van der Waals surface area contributed by atoms with Gasteiger partial charge in [-0.25, -0.2) is 19.2 Å². The summed E-state index contributed by atoms with van der Waals surface area (Å²) in [7, 11) is 5.71. The monoisotopic (exact) mass is 372 g/mol. The second-order valence-electron chi connectivity index (χ2n) is 5.46. The maximum atomic E-state index is 13.6. The maximum absolute atomic E-state index is 13.6. The quantitative estimate of drug-likeness (QED) is 0.636. The lowest BCUT2D eigenvalue weighted by Gasteiger charge is -2.14. The summed E-state index contributed by atoms with van der Waals surface area (Å²) in [4.78, 5) is 20.9. The van der Waals surface area contributed by atoms with Crippen molar-refractivity contribution in [1.82, 2.24) is 9.97 Å². The minimum absolute atomic E-state index is 0.0363. The molecular formula is C19H17FN2O5. The van der Waals surface area contributed by atoms with Gasteiger partial charge >= 0.3 is 5.97 Å². The van der Waals surface area contributed by atoms with Crippen LogP contribution in [0.2, 0.25) is 0 Å². The van der Waals surface area contributed by atoms with Crippen molar-refractivity contribution < 1.29 is 28.1 Å². The van der Waals surface area contributed by atoms with Crippen LogP contribution in [0.3, 0.4) is 0 Å². The van der Waals surface area contributed by atoms with E-state index in [1.54, 1.807) is 12.1 Å². The van der Waals surface area contributed by atoms with Gasteiger partial charge in [0.15, 0.2) is 23.0 Å². The van der Waals surface area contributed by atoms with Crippen molar-refractivity contribution in [2.24, 2.45) is 0 Å². The molecular weight excluding hydrogens is 355 g/mol. The van der Waals surface area contributed by atoms with Crippen molar-refractivity contribution in [1.29, 1.82) is 0 Å². The number of ether oxygens (including phenoxy) is 4. The first-order valence-electron chi connectivity index (χ1n) is 7.88. The number of esters is 1. The third kappa shape index (κ3) is 3.33. The zero-order chi connectivity index (χ0) is 19.6. The first-order chi connectivity index (χ1) is 13.0. The third-order valence-electron chi connectivity index (χ3n) is 3.96. The SMILES string of the molecule is COC(=O)c1nc(-c2cc(OC)c(OC)c(OC)c2)nc2ccc(F)cc12. The highest BCUT2D eigenvalue weighted by molar-refractivity contribution is 6.02. The van der Waals surface area contributed by atoms with Gasteiger partial charge < -0.3 is 18.9 Å². The fourth-order valence-corrected chi connectivity index (χ4v) is 2.69. The van der Waals surface area contributed by atoms with E-state index >= 15 is 0 Å². The molecule has 3 aromatic rings. The average molecular weight is 372 g/mol. The minimum Gasteiger partial charge on any atom is -0.493 e. The molecule has 0 fully saturated rings. The molecule has 0 spiro atoms. The van der Waals surface area contributed by atoms with Crippen LogP contribution in [0.4, 0.5) is 4.39 Å². The van der Waals surface area contributed by atoms with Crippen molar-refractivity contribution in [3.63, 3.8) is 0 Å². The summed E-state index contributed by atoms with van der Waals surface area (Å²) in [6.45, 7) is 0. The van der Waals surface area contributed by atoms with Crippen LogP contribution in [-0.4, -0.2) is 44.4 Å². The Bertz CT molecular complexity index is 997. The Morgan fingerprint density at radius 1 is 0.926 bits per heavy atom. The summed E-state index contributed by atoms with van der Waals surface area (Å²) in [5.41, 5.74) is 0.891. The highest BCUT2D eigenvalue weighted by atomic mass is 19.1. The summed E-state index contributed by atoms with van der Waals surface area (Å²) < 4.78 is 34.4. The number of halogens is 1. The van der Waals surface area contributed by atoms with Gasteiger partial charge in [-0.15, -0.1) is 0 Å². The van der Waals surface area contributed by atoms with Crippen molar-refractivity contribution in [2.75, 3.05) is 28.4 Å². The van der Waals surface area contributed by atoms with E-state index in [1.165, 1.54) is 46.6 Å². The molecule has 3 rings (SSSR count). The van der Waals surface area contributed by atoms with Crippen LogP contribution in [0.5, 0.6) is 17.2 Å². The Hall–Kier alpha value is -3.42. The Balaban J connectivity index is 2.29. The van der Waals surface area contributed by atoms with Crippen LogP contribution in [0, 0.1) is 5.82 Å². The molecule has 0 saturated heterocycles. The molecule has 0 saturated carbocycles. The lowest BCUT2D eigenvalue weighted by atomic mass is 10.1. The van der Waals surface area contributed by atoms with Crippen molar-refractivity contribution >= 4 is 16.9 Å². The predicted molar refractivity (Wildman–Crippen MR) is 95.9 cm³/mol. The van der Waals surface area contributed by atoms with Crippen molar-refractivity contribution in [2.45, 2.75) is 0 Å². The highest BCUT2D eigenvalue weighted by Crippen LogP contribution is 2.40. The van der Waals surface area contributed by atoms with Gasteiger partial charge in [-0.2, -0.15) is 0 Å². The van der Waals surface area contributed by atoms with Gasteiger partial charge in [0.1, 0.15) is 5.82 Å². The molecule has 0 aliphatic heterocycles. The fourth-order valence-electron chi connectivity index (χ4n) is 2.69. The maximum Gasteiger partial charge on any atom is 0.357 e. The van der Waals surface area contributed by atoms with Crippen LogP contribution in [-0.2, 0) is 4.74 Å². The average Bonchev–Trinajstić information content (AvgIpc) is 2.71. The van der Waals surface area contributed by atoms with Gasteiger partial charge in [-0.05, 0) is 30.3 Å². The Labute approximate surface area is 154 Å². The normalized spacial score (nSPS) is 10.6. The van der Waals surface area contributed by atoms with Gasteiger partial charge in [0.05, 0.1) is 34.0 Å². The second kappa shape index (κ2) is 7.45. The van der Waals surface area contributed by atoms with Crippen LogP contribution < -0.4 is 14.2 Å². The number of carbonyl (C=O) groups excluding carboxylic acids is 1. The number of fused-ring (bicyclic) bond motifs is 1. The molecule has 0 bridgehead atoms. The van der Waals surface area contributed by atoms with Crippen LogP contribution >= 0.6 is 0 Å². The predicted octanol–water partition coefficient (Wildman–Crippen LogP) is 3.25. The van der Waals surface area contributed by atoms with Crippen molar-refractivity contribution in [3.8, 4) is 28.6 Å². The molecule has 0 N–H and O–H groups in total. The first-order valence-corrected chi connectivity index (χ1v) is 7.88. The molecule has 0 unspecified atom stereocenters. The Morgan fingerprint density at radius 2 is 1.59 bits per heavy atom. The Kier molecular flexibility index (Phi) is 5.07. The second-order valence-corrected chi connectivity index (χ2v) is 5.46. The molecule has 140 valence electrons. The highest BCUT2D eigenvalue weighted by Gasteiger charge is 2.20. The topological polar surface area (TPSA) is 79.8 Å². The molecule has 0 amide bonds. The fraction of sp³-hybridized carbons (Fsp3) is 0.211. The van der Waals surface area contributed by atoms with Crippen LogP contribution in [0.1, 0.15) is 10.5 Å². The number of hydrogen-bond donors (Lipinski definition) is 0. The molecule has 8 heteroatoms. The number of benzene rings is 2. The molecule has 0 atom stereocenters. The van der Waals surface area contributed by atoms with E-state index in [9.17, 15) is 9.18 Å².